The number of nitrogens with zero attached hydrogens (tertiary/aromatic N) is 1. The molecule has 1 aliphatic rings. The van der Waals surface area contributed by atoms with Crippen molar-refractivity contribution in [2.45, 2.75) is 32.7 Å². The van der Waals surface area contributed by atoms with Crippen LogP contribution >= 0.6 is 0 Å². The molecule has 2 unspecified atom stereocenters. The lowest BCUT2D eigenvalue weighted by molar-refractivity contribution is -0.130. The van der Waals surface area contributed by atoms with Gasteiger partial charge in [0.05, 0.1) is 5.92 Å². The van der Waals surface area contributed by atoms with Crippen LogP contribution in [-0.2, 0) is 20.8 Å². The van der Waals surface area contributed by atoms with Gasteiger partial charge in [-0.25, -0.2) is 0 Å². The molecule has 28 heavy (non-hydrogen) atoms. The van der Waals surface area contributed by atoms with Crippen LogP contribution in [0.15, 0.2) is 48.5 Å². The Balaban J connectivity index is 1.69. The Morgan fingerprint density at radius 3 is 2.54 bits per heavy atom. The molecule has 1 heterocycles. The van der Waals surface area contributed by atoms with Crippen molar-refractivity contribution in [3.05, 3.63) is 65.2 Å². The Kier molecular flexibility index (Phi) is 5.78. The topological polar surface area (TPSA) is 92.5 Å². The maximum absolute atomic E-state index is 12.7. The average Bonchev–Trinajstić information content (AvgIpc) is 3.06. The molecule has 3 amide bonds. The summed E-state index contributed by atoms with van der Waals surface area (Å²) in [5.41, 5.74) is 9.34. The predicted molar refractivity (Wildman–Crippen MR) is 108 cm³/mol. The third-order valence-corrected chi connectivity index (χ3v) is 5.31. The molecule has 3 N–H and O–H groups in total. The van der Waals surface area contributed by atoms with Crippen molar-refractivity contribution in [1.82, 2.24) is 5.32 Å². The van der Waals surface area contributed by atoms with Gasteiger partial charge in [0, 0.05) is 25.1 Å². The van der Waals surface area contributed by atoms with Crippen molar-refractivity contribution in [2.75, 3.05) is 11.4 Å². The maximum Gasteiger partial charge on any atom is 0.240 e. The van der Waals surface area contributed by atoms with Crippen molar-refractivity contribution < 1.29 is 14.4 Å². The van der Waals surface area contributed by atoms with Gasteiger partial charge in [0.2, 0.25) is 17.7 Å². The predicted octanol–water partition coefficient (Wildman–Crippen LogP) is 1.87. The second-order valence-corrected chi connectivity index (χ2v) is 7.28. The molecule has 2 atom stereocenters. The van der Waals surface area contributed by atoms with E-state index in [0.717, 1.165) is 22.4 Å². The van der Waals surface area contributed by atoms with E-state index in [0.29, 0.717) is 13.0 Å². The van der Waals surface area contributed by atoms with Gasteiger partial charge in [-0.1, -0.05) is 42.5 Å². The summed E-state index contributed by atoms with van der Waals surface area (Å²) in [4.78, 5) is 38.7. The number of carbonyl (C=O) groups excluding carboxylic acids is 3. The highest BCUT2D eigenvalue weighted by molar-refractivity contribution is 6.01. The summed E-state index contributed by atoms with van der Waals surface area (Å²) in [7, 11) is 0. The van der Waals surface area contributed by atoms with Gasteiger partial charge in [0.25, 0.3) is 0 Å². The zero-order valence-corrected chi connectivity index (χ0v) is 16.1. The number of hydrogen-bond acceptors (Lipinski definition) is 3. The van der Waals surface area contributed by atoms with Crippen molar-refractivity contribution >= 4 is 23.4 Å². The highest BCUT2D eigenvalue weighted by Gasteiger charge is 2.36. The van der Waals surface area contributed by atoms with Gasteiger partial charge >= 0.3 is 0 Å². The number of nitrogens with two attached hydrogens (primary N) is 1. The van der Waals surface area contributed by atoms with E-state index in [1.165, 1.54) is 0 Å². The fourth-order valence-electron chi connectivity index (χ4n) is 3.51. The molecule has 1 saturated heterocycles. The molecule has 0 radical (unpaired) electrons. The summed E-state index contributed by atoms with van der Waals surface area (Å²) in [5.74, 6) is -1.51. The Morgan fingerprint density at radius 2 is 1.86 bits per heavy atom. The highest BCUT2D eigenvalue weighted by atomic mass is 16.2. The number of primary amides is 1. The molecule has 2 aromatic carbocycles. The Hall–Kier alpha value is -3.15. The molecule has 3 rings (SSSR count). The molecule has 1 fully saturated rings. The lowest BCUT2D eigenvalue weighted by Crippen LogP contribution is -2.48. The molecule has 6 nitrogen and oxygen atoms in total. The first-order chi connectivity index (χ1) is 13.4. The van der Waals surface area contributed by atoms with Crippen LogP contribution in [0.4, 0.5) is 5.69 Å². The number of hydrogen-bond donors (Lipinski definition) is 2. The molecule has 1 aliphatic heterocycles. The summed E-state index contributed by atoms with van der Waals surface area (Å²) in [6, 6.07) is 14.4. The van der Waals surface area contributed by atoms with Crippen LogP contribution in [0, 0.1) is 19.8 Å². The Labute approximate surface area is 164 Å². The molecule has 146 valence electrons. The molecule has 0 bridgehead atoms. The lowest BCUT2D eigenvalue weighted by Gasteiger charge is -2.21. The molecular weight excluding hydrogens is 354 g/mol. The normalized spacial score (nSPS) is 17.4. The van der Waals surface area contributed by atoms with Crippen LogP contribution in [0.3, 0.4) is 0 Å². The molecule has 2 aromatic rings. The van der Waals surface area contributed by atoms with Crippen LogP contribution in [0.5, 0.6) is 0 Å². The molecule has 0 aliphatic carbocycles. The number of benzene rings is 2. The van der Waals surface area contributed by atoms with E-state index in [-0.39, 0.29) is 18.2 Å². The van der Waals surface area contributed by atoms with Crippen LogP contribution in [0.1, 0.15) is 23.1 Å². The molecule has 0 spiro atoms. The minimum Gasteiger partial charge on any atom is -0.368 e. The van der Waals surface area contributed by atoms with E-state index < -0.39 is 17.9 Å². The van der Waals surface area contributed by atoms with E-state index in [1.807, 2.05) is 62.4 Å². The minimum atomic E-state index is -0.806. The third-order valence-electron chi connectivity index (χ3n) is 5.31. The number of rotatable bonds is 6. The molecule has 0 aromatic heterocycles. The van der Waals surface area contributed by atoms with E-state index in [4.69, 9.17) is 5.73 Å². The summed E-state index contributed by atoms with van der Waals surface area (Å²) in [6.07, 6.45) is 0.444. The van der Waals surface area contributed by atoms with Gasteiger partial charge in [-0.15, -0.1) is 0 Å². The van der Waals surface area contributed by atoms with Crippen LogP contribution in [0.25, 0.3) is 0 Å². The van der Waals surface area contributed by atoms with Gasteiger partial charge < -0.3 is 16.0 Å². The Bertz CT molecular complexity index is 895. The van der Waals surface area contributed by atoms with Gasteiger partial charge in [0.1, 0.15) is 6.04 Å². The largest absolute Gasteiger partial charge is 0.368 e. The number of anilines is 1. The molecular formula is C22H25N3O3. The number of nitrogens with one attached hydrogen (secondary N) is 1. The summed E-state index contributed by atoms with van der Waals surface area (Å²) >= 11 is 0. The summed E-state index contributed by atoms with van der Waals surface area (Å²) in [6.45, 7) is 4.25. The highest BCUT2D eigenvalue weighted by Crippen LogP contribution is 2.29. The zero-order chi connectivity index (χ0) is 20.3. The van der Waals surface area contributed by atoms with Gasteiger partial charge in [0.15, 0.2) is 0 Å². The molecule has 0 saturated carbocycles. The lowest BCUT2D eigenvalue weighted by atomic mass is 10.0. The van der Waals surface area contributed by atoms with E-state index in [9.17, 15) is 14.4 Å². The van der Waals surface area contributed by atoms with Crippen molar-refractivity contribution in [1.29, 1.82) is 0 Å². The summed E-state index contributed by atoms with van der Waals surface area (Å²) < 4.78 is 0. The van der Waals surface area contributed by atoms with Crippen LogP contribution < -0.4 is 16.0 Å². The standard InChI is InChI=1S/C22H25N3O3/c1-14-7-6-10-19(15(14)2)25-13-17(12-20(25)26)22(28)24-18(21(23)27)11-16-8-4-3-5-9-16/h3-10,17-18H,11-13H2,1-2H3,(H2,23,27)(H,24,28). The van der Waals surface area contributed by atoms with Crippen molar-refractivity contribution in [2.24, 2.45) is 11.7 Å². The average molecular weight is 379 g/mol. The Morgan fingerprint density at radius 1 is 1.14 bits per heavy atom. The third kappa shape index (κ3) is 4.22. The zero-order valence-electron chi connectivity index (χ0n) is 16.1. The van der Waals surface area contributed by atoms with Gasteiger partial charge in [-0.3, -0.25) is 14.4 Å². The second-order valence-electron chi connectivity index (χ2n) is 7.28. The van der Waals surface area contributed by atoms with E-state index >= 15 is 0 Å². The van der Waals surface area contributed by atoms with E-state index in [1.54, 1.807) is 4.90 Å². The van der Waals surface area contributed by atoms with E-state index in [2.05, 4.69) is 5.32 Å². The van der Waals surface area contributed by atoms with Gasteiger partial charge in [-0.2, -0.15) is 0 Å². The summed E-state index contributed by atoms with van der Waals surface area (Å²) in [5, 5.41) is 2.73. The number of aryl methyl sites for hydroxylation is 1. The minimum absolute atomic E-state index is 0.0902. The van der Waals surface area contributed by atoms with Crippen molar-refractivity contribution in [3.8, 4) is 0 Å². The first-order valence-corrected chi connectivity index (χ1v) is 9.37. The molecule has 6 heteroatoms. The quantitative estimate of drug-likeness (QED) is 0.802. The first kappa shape index (κ1) is 19.6. The van der Waals surface area contributed by atoms with Crippen LogP contribution in [0.2, 0.25) is 0 Å². The maximum atomic E-state index is 12.7. The fourth-order valence-corrected chi connectivity index (χ4v) is 3.51. The number of carbonyl (C=O) groups is 3. The second kappa shape index (κ2) is 8.25. The monoisotopic (exact) mass is 379 g/mol. The fraction of sp³-hybridized carbons (Fsp3) is 0.318. The SMILES string of the molecule is Cc1cccc(N2CC(C(=O)NC(Cc3ccccc3)C(N)=O)CC2=O)c1C. The van der Waals surface area contributed by atoms with Gasteiger partial charge in [-0.05, 0) is 36.6 Å². The van der Waals surface area contributed by atoms with Crippen LogP contribution in [-0.4, -0.2) is 30.3 Å². The first-order valence-electron chi connectivity index (χ1n) is 9.37. The smallest absolute Gasteiger partial charge is 0.240 e. The number of amides is 3. The van der Waals surface area contributed by atoms with Crippen molar-refractivity contribution in [3.63, 3.8) is 0 Å².